The summed E-state index contributed by atoms with van der Waals surface area (Å²) in [6.45, 7) is 2.13. The topological polar surface area (TPSA) is 35.8 Å². The lowest BCUT2D eigenvalue weighted by Gasteiger charge is -1.84. The third-order valence-corrected chi connectivity index (χ3v) is 1.36. The van der Waals surface area contributed by atoms with E-state index in [-0.39, 0.29) is 0 Å². The predicted octanol–water partition coefficient (Wildman–Crippen LogP) is 0.465. The van der Waals surface area contributed by atoms with Crippen LogP contribution in [0, 0.1) is 17.4 Å². The van der Waals surface area contributed by atoms with Gasteiger partial charge in [-0.15, -0.1) is 0 Å². The molecule has 0 unspecified atom stereocenters. The van der Waals surface area contributed by atoms with Crippen LogP contribution in [0.15, 0.2) is 0 Å². The van der Waals surface area contributed by atoms with Crippen LogP contribution in [-0.2, 0) is 0 Å². The first-order valence-electron chi connectivity index (χ1n) is 2.49. The van der Waals surface area contributed by atoms with Crippen LogP contribution in [0.25, 0.3) is 0 Å². The van der Waals surface area contributed by atoms with Gasteiger partial charge in [-0.25, -0.2) is 0 Å². The molecule has 0 aromatic carbocycles. The Morgan fingerprint density at radius 1 is 1.86 bits per heavy atom. The zero-order chi connectivity index (χ0) is 5.28. The van der Waals surface area contributed by atoms with E-state index in [1.807, 2.05) is 6.19 Å². The van der Waals surface area contributed by atoms with E-state index in [4.69, 9.17) is 5.26 Å². The molecule has 2 nitrogen and oxygen atoms in total. The summed E-state index contributed by atoms with van der Waals surface area (Å²) in [6.07, 6.45) is 3.08. The maximum atomic E-state index is 8.03. The van der Waals surface area contributed by atoms with Crippen LogP contribution in [0.3, 0.4) is 0 Å². The predicted molar refractivity (Wildman–Crippen MR) is 26.3 cm³/mol. The van der Waals surface area contributed by atoms with Crippen molar-refractivity contribution in [2.24, 2.45) is 5.92 Å². The lowest BCUT2D eigenvalue weighted by molar-refractivity contribution is 0.794. The number of hydrogen-bond donors (Lipinski definition) is 1. The minimum Gasteiger partial charge on any atom is -0.320 e. The quantitative estimate of drug-likeness (QED) is 0.380. The summed E-state index contributed by atoms with van der Waals surface area (Å²) in [4.78, 5) is 0. The molecule has 1 aliphatic rings. The lowest BCUT2D eigenvalue weighted by atomic mass is 10.5. The summed E-state index contributed by atoms with van der Waals surface area (Å²) in [5.41, 5.74) is 0. The van der Waals surface area contributed by atoms with E-state index in [0.717, 1.165) is 5.92 Å². The summed E-state index contributed by atoms with van der Waals surface area (Å²) in [7, 11) is 0. The summed E-state index contributed by atoms with van der Waals surface area (Å²) in [5.74, 6) is 0.736. The first-order valence-corrected chi connectivity index (χ1v) is 2.49. The number of hydrogen-bond acceptors (Lipinski definition) is 2. The smallest absolute Gasteiger partial charge is 0.176 e. The number of nitriles is 1. The second-order valence-corrected chi connectivity index (χ2v) is 2.08. The van der Waals surface area contributed by atoms with E-state index in [0.29, 0.717) is 6.04 Å². The second kappa shape index (κ2) is 1.42. The van der Waals surface area contributed by atoms with E-state index in [1.165, 1.54) is 6.42 Å². The van der Waals surface area contributed by atoms with Crippen molar-refractivity contribution in [2.75, 3.05) is 0 Å². The summed E-state index contributed by atoms with van der Waals surface area (Å²) < 4.78 is 0. The van der Waals surface area contributed by atoms with Gasteiger partial charge in [0, 0.05) is 6.04 Å². The minimum atomic E-state index is 0.505. The Bertz CT molecular complexity index is 103. The highest BCUT2D eigenvalue weighted by Gasteiger charge is 2.31. The Morgan fingerprint density at radius 2 is 2.43 bits per heavy atom. The molecule has 0 aromatic heterocycles. The molecule has 0 bridgehead atoms. The van der Waals surface area contributed by atoms with Crippen molar-refractivity contribution in [2.45, 2.75) is 19.4 Å². The highest BCUT2D eigenvalue weighted by Crippen LogP contribution is 2.28. The standard InChI is InChI=1S/C5H8N2/c1-4-2-5(4)7-3-6/h4-5,7H,2H2,1H3/t4-,5-/m1/s1. The largest absolute Gasteiger partial charge is 0.320 e. The van der Waals surface area contributed by atoms with Crippen LogP contribution in [0.2, 0.25) is 0 Å². The molecule has 1 N–H and O–H groups in total. The number of nitrogens with one attached hydrogen (secondary N) is 1. The fourth-order valence-corrected chi connectivity index (χ4v) is 0.606. The SMILES string of the molecule is C[C@@H]1C[C@H]1NC#N. The van der Waals surface area contributed by atoms with Crippen molar-refractivity contribution >= 4 is 0 Å². The molecule has 1 fully saturated rings. The molecule has 0 aliphatic heterocycles. The van der Waals surface area contributed by atoms with Crippen LogP contribution in [0.5, 0.6) is 0 Å². The average Bonchev–Trinajstić information content (AvgIpc) is 2.22. The molecule has 0 heterocycles. The summed E-state index contributed by atoms with van der Waals surface area (Å²) in [5, 5.41) is 10.7. The van der Waals surface area contributed by atoms with Gasteiger partial charge in [0.15, 0.2) is 6.19 Å². The van der Waals surface area contributed by atoms with Gasteiger partial charge in [0.05, 0.1) is 0 Å². The van der Waals surface area contributed by atoms with Gasteiger partial charge in [0.25, 0.3) is 0 Å². The van der Waals surface area contributed by atoms with Gasteiger partial charge in [-0.2, -0.15) is 5.26 Å². The first kappa shape index (κ1) is 4.45. The third-order valence-electron chi connectivity index (χ3n) is 1.36. The molecule has 1 rings (SSSR count). The molecule has 1 aliphatic carbocycles. The van der Waals surface area contributed by atoms with Gasteiger partial charge in [-0.1, -0.05) is 6.92 Å². The van der Waals surface area contributed by atoms with Crippen LogP contribution in [0.4, 0.5) is 0 Å². The van der Waals surface area contributed by atoms with Crippen LogP contribution >= 0.6 is 0 Å². The van der Waals surface area contributed by atoms with Crippen molar-refractivity contribution in [3.8, 4) is 6.19 Å². The Labute approximate surface area is 43.1 Å². The maximum absolute atomic E-state index is 8.03. The molecule has 0 aromatic rings. The Kier molecular flexibility index (Phi) is 0.900. The molecule has 2 heteroatoms. The van der Waals surface area contributed by atoms with E-state index in [9.17, 15) is 0 Å². The molecular weight excluding hydrogens is 88.1 g/mol. The minimum absolute atomic E-state index is 0.505. The molecule has 2 atom stereocenters. The molecule has 0 amide bonds. The van der Waals surface area contributed by atoms with Crippen LogP contribution in [-0.4, -0.2) is 6.04 Å². The fourth-order valence-electron chi connectivity index (χ4n) is 0.606. The van der Waals surface area contributed by atoms with Gasteiger partial charge in [-0.05, 0) is 12.3 Å². The zero-order valence-corrected chi connectivity index (χ0v) is 4.31. The highest BCUT2D eigenvalue weighted by atomic mass is 15.0. The van der Waals surface area contributed by atoms with Gasteiger partial charge in [0.1, 0.15) is 0 Å². The van der Waals surface area contributed by atoms with Gasteiger partial charge >= 0.3 is 0 Å². The molecule has 0 radical (unpaired) electrons. The van der Waals surface area contributed by atoms with Crippen molar-refractivity contribution in [3.05, 3.63) is 0 Å². The van der Waals surface area contributed by atoms with E-state index in [1.54, 1.807) is 0 Å². The maximum Gasteiger partial charge on any atom is 0.176 e. The molecule has 7 heavy (non-hydrogen) atoms. The van der Waals surface area contributed by atoms with Crippen molar-refractivity contribution in [3.63, 3.8) is 0 Å². The molecule has 38 valence electrons. The van der Waals surface area contributed by atoms with Crippen molar-refractivity contribution in [1.29, 1.82) is 5.26 Å². The van der Waals surface area contributed by atoms with Gasteiger partial charge < -0.3 is 5.32 Å². The summed E-state index contributed by atoms with van der Waals surface area (Å²) >= 11 is 0. The van der Waals surface area contributed by atoms with Crippen molar-refractivity contribution in [1.82, 2.24) is 5.32 Å². The lowest BCUT2D eigenvalue weighted by Crippen LogP contribution is -2.08. The molecule has 0 saturated heterocycles. The van der Waals surface area contributed by atoms with E-state index in [2.05, 4.69) is 12.2 Å². The van der Waals surface area contributed by atoms with Crippen LogP contribution < -0.4 is 5.32 Å². The molecule has 1 saturated carbocycles. The van der Waals surface area contributed by atoms with E-state index >= 15 is 0 Å². The third kappa shape index (κ3) is 0.833. The first-order chi connectivity index (χ1) is 3.34. The highest BCUT2D eigenvalue weighted by molar-refractivity contribution is 4.93. The number of nitrogens with zero attached hydrogens (tertiary/aromatic N) is 1. The average molecular weight is 96.1 g/mol. The van der Waals surface area contributed by atoms with Crippen molar-refractivity contribution < 1.29 is 0 Å². The fraction of sp³-hybridized carbons (Fsp3) is 0.800. The molecular formula is C5H8N2. The Balaban J connectivity index is 2.12. The summed E-state index contributed by atoms with van der Waals surface area (Å²) in [6, 6.07) is 0.505. The monoisotopic (exact) mass is 96.1 g/mol. The van der Waals surface area contributed by atoms with Gasteiger partial charge in [0.2, 0.25) is 0 Å². The van der Waals surface area contributed by atoms with E-state index < -0.39 is 0 Å². The number of rotatable bonds is 1. The van der Waals surface area contributed by atoms with Crippen LogP contribution in [0.1, 0.15) is 13.3 Å². The Hall–Kier alpha value is -0.710. The second-order valence-electron chi connectivity index (χ2n) is 2.08. The van der Waals surface area contributed by atoms with Gasteiger partial charge in [-0.3, -0.25) is 0 Å². The molecule has 0 spiro atoms. The normalized spacial score (nSPS) is 36.6. The zero-order valence-electron chi connectivity index (χ0n) is 4.31. The Morgan fingerprint density at radius 3 is 2.57 bits per heavy atom.